The maximum atomic E-state index is 13.0. The van der Waals surface area contributed by atoms with Crippen LogP contribution in [-0.4, -0.2) is 40.9 Å². The van der Waals surface area contributed by atoms with Gasteiger partial charge in [0, 0.05) is 42.9 Å². The second-order valence-corrected chi connectivity index (χ2v) is 7.32. The summed E-state index contributed by atoms with van der Waals surface area (Å²) in [6.07, 6.45) is -4.20. The van der Waals surface area contributed by atoms with E-state index in [0.717, 1.165) is 17.7 Å². The van der Waals surface area contributed by atoms with Crippen molar-refractivity contribution >= 4 is 17.5 Å². The standard InChI is InChI=1S/C18H18F3N3O4S/c1-23-15(18(19,20)21)10-16(25)24(17(23)26)11-3-4-14-12(9-11)13(5-8-29-14)22-28-7-6-27-2/h3-4,9-10H,5-8H2,1-2H3. The van der Waals surface area contributed by atoms with Crippen molar-refractivity contribution in [3.8, 4) is 5.69 Å². The topological polar surface area (TPSA) is 74.8 Å². The van der Waals surface area contributed by atoms with Gasteiger partial charge in [-0.25, -0.2) is 9.36 Å². The first-order valence-electron chi connectivity index (χ1n) is 8.59. The summed E-state index contributed by atoms with van der Waals surface area (Å²) in [7, 11) is 2.52. The minimum absolute atomic E-state index is 0.162. The number of halogens is 3. The number of oxime groups is 1. The number of ether oxygens (including phenoxy) is 1. The second kappa shape index (κ2) is 8.46. The lowest BCUT2D eigenvalue weighted by atomic mass is 10.1. The quantitative estimate of drug-likeness (QED) is 0.539. The number of hydrogen-bond donors (Lipinski definition) is 0. The van der Waals surface area contributed by atoms with Crippen LogP contribution in [0.5, 0.6) is 0 Å². The predicted octanol–water partition coefficient (Wildman–Crippen LogP) is 2.42. The van der Waals surface area contributed by atoms with E-state index in [1.807, 2.05) is 0 Å². The molecule has 1 aromatic heterocycles. The van der Waals surface area contributed by atoms with Crippen LogP contribution >= 0.6 is 11.8 Å². The molecule has 0 saturated heterocycles. The third-order valence-electron chi connectivity index (χ3n) is 4.29. The highest BCUT2D eigenvalue weighted by Crippen LogP contribution is 2.32. The molecular weight excluding hydrogens is 411 g/mol. The van der Waals surface area contributed by atoms with Crippen molar-refractivity contribution in [1.82, 2.24) is 9.13 Å². The van der Waals surface area contributed by atoms with Gasteiger partial charge in [-0.3, -0.25) is 9.36 Å². The van der Waals surface area contributed by atoms with Crippen LogP contribution in [0.3, 0.4) is 0 Å². The minimum Gasteiger partial charge on any atom is -0.393 e. The van der Waals surface area contributed by atoms with Crippen LogP contribution in [-0.2, 0) is 22.8 Å². The van der Waals surface area contributed by atoms with E-state index >= 15 is 0 Å². The summed E-state index contributed by atoms with van der Waals surface area (Å²) < 4.78 is 45.1. The molecule has 3 rings (SSSR count). The maximum absolute atomic E-state index is 13.0. The number of aromatic nitrogens is 2. The molecule has 1 aliphatic heterocycles. The zero-order valence-electron chi connectivity index (χ0n) is 15.7. The second-order valence-electron chi connectivity index (χ2n) is 6.19. The normalized spacial score (nSPS) is 15.4. The first kappa shape index (κ1) is 21.2. The predicted molar refractivity (Wildman–Crippen MR) is 102 cm³/mol. The molecule has 0 saturated carbocycles. The summed E-state index contributed by atoms with van der Waals surface area (Å²) in [5.74, 6) is 0.779. The fraction of sp³-hybridized carbons (Fsp3) is 0.389. The van der Waals surface area contributed by atoms with Crippen LogP contribution in [0.25, 0.3) is 5.69 Å². The van der Waals surface area contributed by atoms with E-state index in [1.54, 1.807) is 23.9 Å². The van der Waals surface area contributed by atoms with Gasteiger partial charge in [-0.2, -0.15) is 13.2 Å². The molecule has 0 unspecified atom stereocenters. The molecule has 0 atom stereocenters. The first-order valence-corrected chi connectivity index (χ1v) is 9.58. The van der Waals surface area contributed by atoms with Gasteiger partial charge >= 0.3 is 11.9 Å². The summed E-state index contributed by atoms with van der Waals surface area (Å²) >= 11 is 1.58. The largest absolute Gasteiger partial charge is 0.431 e. The molecule has 1 aromatic carbocycles. The number of rotatable bonds is 5. The first-order chi connectivity index (χ1) is 13.7. The van der Waals surface area contributed by atoms with Crippen molar-refractivity contribution in [2.45, 2.75) is 17.5 Å². The Bertz CT molecular complexity index is 1060. The molecule has 0 radical (unpaired) electrons. The van der Waals surface area contributed by atoms with E-state index in [-0.39, 0.29) is 12.3 Å². The number of methoxy groups -OCH3 is 1. The van der Waals surface area contributed by atoms with Crippen LogP contribution in [0.4, 0.5) is 13.2 Å². The fourth-order valence-electron chi connectivity index (χ4n) is 2.88. The van der Waals surface area contributed by atoms with Crippen molar-refractivity contribution in [3.05, 3.63) is 56.4 Å². The lowest BCUT2D eigenvalue weighted by Gasteiger charge is -2.19. The zero-order chi connectivity index (χ0) is 21.2. The highest BCUT2D eigenvalue weighted by Gasteiger charge is 2.35. The Labute approximate surface area is 167 Å². The van der Waals surface area contributed by atoms with Gasteiger partial charge < -0.3 is 9.57 Å². The van der Waals surface area contributed by atoms with Gasteiger partial charge in [0.25, 0.3) is 5.56 Å². The summed E-state index contributed by atoms with van der Waals surface area (Å²) in [6.45, 7) is 0.635. The smallest absolute Gasteiger partial charge is 0.393 e. The Balaban J connectivity index is 2.07. The van der Waals surface area contributed by atoms with Gasteiger partial charge in [0.05, 0.1) is 18.0 Å². The number of fused-ring (bicyclic) bond motifs is 1. The molecule has 0 aliphatic carbocycles. The molecule has 7 nitrogen and oxygen atoms in total. The zero-order valence-corrected chi connectivity index (χ0v) is 16.5. The molecule has 0 bridgehead atoms. The van der Waals surface area contributed by atoms with Gasteiger partial charge in [-0.05, 0) is 18.2 Å². The molecule has 2 heterocycles. The van der Waals surface area contributed by atoms with Crippen LogP contribution in [0.15, 0.2) is 43.9 Å². The molecule has 0 fully saturated rings. The van der Waals surface area contributed by atoms with Crippen molar-refractivity contribution in [2.75, 3.05) is 26.1 Å². The van der Waals surface area contributed by atoms with E-state index in [0.29, 0.717) is 39.5 Å². The number of alkyl halides is 3. The van der Waals surface area contributed by atoms with E-state index < -0.39 is 23.1 Å². The Kier molecular flexibility index (Phi) is 6.18. The summed E-state index contributed by atoms with van der Waals surface area (Å²) in [6, 6.07) is 5.22. The molecule has 156 valence electrons. The van der Waals surface area contributed by atoms with Gasteiger partial charge in [-0.1, -0.05) is 5.16 Å². The van der Waals surface area contributed by atoms with E-state index in [4.69, 9.17) is 9.57 Å². The molecule has 11 heteroatoms. The average Bonchev–Trinajstić information content (AvgIpc) is 2.67. The minimum atomic E-state index is -4.81. The van der Waals surface area contributed by atoms with Crippen molar-refractivity contribution in [1.29, 1.82) is 0 Å². The van der Waals surface area contributed by atoms with Gasteiger partial charge in [0.15, 0.2) is 0 Å². The number of nitrogens with zero attached hydrogens (tertiary/aromatic N) is 3. The molecule has 2 aromatic rings. The number of hydrogen-bond acceptors (Lipinski definition) is 6. The molecule has 29 heavy (non-hydrogen) atoms. The molecule has 0 spiro atoms. The highest BCUT2D eigenvalue weighted by atomic mass is 32.2. The Morgan fingerprint density at radius 1 is 1.21 bits per heavy atom. The summed E-state index contributed by atoms with van der Waals surface area (Å²) in [4.78, 5) is 30.9. The Hall–Kier alpha value is -2.53. The Morgan fingerprint density at radius 3 is 2.66 bits per heavy atom. The van der Waals surface area contributed by atoms with Gasteiger partial charge in [0.1, 0.15) is 12.3 Å². The SMILES string of the molecule is COCCON=C1CCSc2ccc(-n3c(=O)cc(C(F)(F)F)n(C)c3=O)cc21. The number of benzene rings is 1. The van der Waals surface area contributed by atoms with Crippen LogP contribution in [0.1, 0.15) is 17.7 Å². The van der Waals surface area contributed by atoms with Crippen molar-refractivity contribution in [3.63, 3.8) is 0 Å². The highest BCUT2D eigenvalue weighted by molar-refractivity contribution is 7.99. The van der Waals surface area contributed by atoms with Gasteiger partial charge in [-0.15, -0.1) is 11.8 Å². The fourth-order valence-corrected chi connectivity index (χ4v) is 3.89. The molecule has 0 N–H and O–H groups in total. The van der Waals surface area contributed by atoms with Crippen molar-refractivity contribution in [2.24, 2.45) is 12.2 Å². The van der Waals surface area contributed by atoms with E-state index in [2.05, 4.69) is 5.16 Å². The average molecular weight is 429 g/mol. The summed E-state index contributed by atoms with van der Waals surface area (Å²) in [5.41, 5.74) is -1.97. The van der Waals surface area contributed by atoms with E-state index in [9.17, 15) is 22.8 Å². The van der Waals surface area contributed by atoms with E-state index in [1.165, 1.54) is 13.2 Å². The number of thioether (sulfide) groups is 1. The molecular formula is C18H18F3N3O4S. The third kappa shape index (κ3) is 4.40. The van der Waals surface area contributed by atoms with Gasteiger partial charge in [0.2, 0.25) is 0 Å². The van der Waals surface area contributed by atoms with Crippen LogP contribution in [0, 0.1) is 0 Å². The monoisotopic (exact) mass is 429 g/mol. The summed E-state index contributed by atoms with van der Waals surface area (Å²) in [5, 5.41) is 4.11. The lowest BCUT2D eigenvalue weighted by molar-refractivity contribution is -0.144. The molecule has 1 aliphatic rings. The van der Waals surface area contributed by atoms with Crippen LogP contribution < -0.4 is 11.2 Å². The maximum Gasteiger partial charge on any atom is 0.431 e. The molecule has 0 amide bonds. The third-order valence-corrected chi connectivity index (χ3v) is 5.37. The lowest BCUT2D eigenvalue weighted by Crippen LogP contribution is -2.40. The van der Waals surface area contributed by atoms with Crippen molar-refractivity contribution < 1.29 is 22.7 Å². The Morgan fingerprint density at radius 2 is 1.97 bits per heavy atom. The van der Waals surface area contributed by atoms with Crippen LogP contribution in [0.2, 0.25) is 0 Å².